The maximum Gasteiger partial charge on any atom is 0.308 e. The summed E-state index contributed by atoms with van der Waals surface area (Å²) in [5.74, 6) is -0.606. The molecule has 1 aromatic carbocycles. The topological polar surface area (TPSA) is 72.8 Å². The summed E-state index contributed by atoms with van der Waals surface area (Å²) < 4.78 is 9.53. The molecule has 5 heteroatoms. The van der Waals surface area contributed by atoms with Crippen molar-refractivity contribution in [1.82, 2.24) is 0 Å². The van der Waals surface area contributed by atoms with Crippen molar-refractivity contribution in [2.24, 2.45) is 0 Å². The molecule has 0 spiro atoms. The molecule has 0 atom stereocenters. The van der Waals surface area contributed by atoms with Crippen LogP contribution in [0.25, 0.3) is 0 Å². The third-order valence-corrected chi connectivity index (χ3v) is 1.69. The highest BCUT2D eigenvalue weighted by molar-refractivity contribution is 5.83. The zero-order valence-corrected chi connectivity index (χ0v) is 8.31. The lowest BCUT2D eigenvalue weighted by Crippen LogP contribution is -2.04. The second-order valence-corrected chi connectivity index (χ2v) is 2.77. The Morgan fingerprint density at radius 3 is 2.53 bits per heavy atom. The Morgan fingerprint density at radius 1 is 1.40 bits per heavy atom. The lowest BCUT2D eigenvalue weighted by Gasteiger charge is -2.08. The summed E-state index contributed by atoms with van der Waals surface area (Å²) in [7, 11) is 1.36. The first-order chi connectivity index (χ1) is 7.08. The van der Waals surface area contributed by atoms with Crippen LogP contribution in [-0.2, 0) is 4.79 Å². The van der Waals surface area contributed by atoms with Crippen molar-refractivity contribution in [2.75, 3.05) is 7.11 Å². The number of aromatic hydroxyl groups is 1. The number of benzene rings is 1. The molecule has 0 aromatic heterocycles. The highest BCUT2D eigenvalue weighted by Crippen LogP contribution is 2.32. The number of rotatable bonds is 3. The van der Waals surface area contributed by atoms with Crippen molar-refractivity contribution in [3.8, 4) is 17.2 Å². The highest BCUT2D eigenvalue weighted by Gasteiger charge is 2.11. The van der Waals surface area contributed by atoms with Gasteiger partial charge in [-0.1, -0.05) is 0 Å². The molecule has 0 aliphatic carbocycles. The molecule has 5 nitrogen and oxygen atoms in total. The minimum atomic E-state index is -0.567. The number of hydrogen-bond acceptors (Lipinski definition) is 5. The summed E-state index contributed by atoms with van der Waals surface area (Å²) in [5, 5.41) is 9.39. The maximum atomic E-state index is 10.7. The maximum absolute atomic E-state index is 10.7. The smallest absolute Gasteiger partial charge is 0.308 e. The molecular formula is C10H10O5. The Hall–Kier alpha value is -2.04. The quantitative estimate of drug-likeness (QED) is 0.460. The van der Waals surface area contributed by atoms with E-state index in [0.717, 1.165) is 6.07 Å². The third kappa shape index (κ3) is 2.46. The first kappa shape index (κ1) is 11.0. The van der Waals surface area contributed by atoms with Crippen LogP contribution in [0.15, 0.2) is 12.1 Å². The zero-order chi connectivity index (χ0) is 11.4. The van der Waals surface area contributed by atoms with Gasteiger partial charge in [0.15, 0.2) is 17.8 Å². The number of aldehydes is 1. The summed E-state index contributed by atoms with van der Waals surface area (Å²) in [6.07, 6.45) is 0.514. The van der Waals surface area contributed by atoms with E-state index in [1.54, 1.807) is 0 Å². The molecule has 0 saturated carbocycles. The highest BCUT2D eigenvalue weighted by atomic mass is 16.5. The van der Waals surface area contributed by atoms with E-state index in [0.29, 0.717) is 6.29 Å². The van der Waals surface area contributed by atoms with Crippen molar-refractivity contribution >= 4 is 12.3 Å². The summed E-state index contributed by atoms with van der Waals surface area (Å²) in [5.41, 5.74) is 0.139. The lowest BCUT2D eigenvalue weighted by molar-refractivity contribution is -0.131. The first-order valence-corrected chi connectivity index (χ1v) is 4.13. The Kier molecular flexibility index (Phi) is 3.28. The van der Waals surface area contributed by atoms with E-state index in [1.807, 2.05) is 0 Å². The number of phenolic OH excluding ortho intramolecular Hbond substituents is 1. The van der Waals surface area contributed by atoms with Crippen molar-refractivity contribution in [3.63, 3.8) is 0 Å². The van der Waals surface area contributed by atoms with Gasteiger partial charge in [-0.25, -0.2) is 0 Å². The van der Waals surface area contributed by atoms with E-state index in [4.69, 9.17) is 9.47 Å². The minimum Gasteiger partial charge on any atom is -0.504 e. The molecule has 0 aliphatic rings. The standard InChI is InChI=1S/C10H10O5/c1-6(12)15-9-4-8(13)10(14-2)3-7(9)5-11/h3-5,13H,1-2H3. The number of carbonyl (C=O) groups excluding carboxylic acids is 2. The molecule has 0 saturated heterocycles. The van der Waals surface area contributed by atoms with E-state index in [1.165, 1.54) is 20.1 Å². The zero-order valence-electron chi connectivity index (χ0n) is 8.31. The van der Waals surface area contributed by atoms with Gasteiger partial charge in [0.25, 0.3) is 0 Å². The average Bonchev–Trinajstić information content (AvgIpc) is 2.17. The first-order valence-electron chi connectivity index (χ1n) is 4.13. The Labute approximate surface area is 86.2 Å². The number of phenols is 1. The van der Waals surface area contributed by atoms with Crippen LogP contribution in [0.5, 0.6) is 17.2 Å². The van der Waals surface area contributed by atoms with E-state index in [9.17, 15) is 14.7 Å². The van der Waals surface area contributed by atoms with E-state index in [2.05, 4.69) is 0 Å². The molecule has 0 radical (unpaired) electrons. The van der Waals surface area contributed by atoms with Gasteiger partial charge in [-0.2, -0.15) is 0 Å². The SMILES string of the molecule is COc1cc(C=O)c(OC(C)=O)cc1O. The third-order valence-electron chi connectivity index (χ3n) is 1.69. The van der Waals surface area contributed by atoms with Gasteiger partial charge >= 0.3 is 5.97 Å². The van der Waals surface area contributed by atoms with E-state index >= 15 is 0 Å². The minimum absolute atomic E-state index is 0.0100. The Balaban J connectivity index is 3.20. The Morgan fingerprint density at radius 2 is 2.07 bits per heavy atom. The molecule has 1 N–H and O–H groups in total. The second kappa shape index (κ2) is 4.45. The van der Waals surface area contributed by atoms with Gasteiger partial charge in [0.2, 0.25) is 0 Å². The van der Waals surface area contributed by atoms with Gasteiger partial charge < -0.3 is 14.6 Å². The molecule has 80 valence electrons. The molecule has 0 amide bonds. The van der Waals surface area contributed by atoms with Crippen molar-refractivity contribution in [3.05, 3.63) is 17.7 Å². The predicted molar refractivity (Wildman–Crippen MR) is 51.4 cm³/mol. The van der Waals surface area contributed by atoms with E-state index in [-0.39, 0.29) is 22.8 Å². The lowest BCUT2D eigenvalue weighted by atomic mass is 10.2. The van der Waals surface area contributed by atoms with Gasteiger partial charge in [-0.05, 0) is 6.07 Å². The number of esters is 1. The summed E-state index contributed by atoms with van der Waals surface area (Å²) in [6.45, 7) is 1.20. The second-order valence-electron chi connectivity index (χ2n) is 2.77. The normalized spacial score (nSPS) is 9.47. The van der Waals surface area contributed by atoms with Gasteiger partial charge in [0, 0.05) is 13.0 Å². The number of ether oxygens (including phenoxy) is 2. The predicted octanol–water partition coefficient (Wildman–Crippen LogP) is 1.14. The van der Waals surface area contributed by atoms with Crippen LogP contribution in [0.2, 0.25) is 0 Å². The largest absolute Gasteiger partial charge is 0.504 e. The molecule has 1 aromatic rings. The van der Waals surface area contributed by atoms with Gasteiger partial charge in [-0.3, -0.25) is 9.59 Å². The molecule has 0 bridgehead atoms. The summed E-state index contributed by atoms with van der Waals surface area (Å²) in [6, 6.07) is 2.45. The van der Waals surface area contributed by atoms with E-state index < -0.39 is 5.97 Å². The van der Waals surface area contributed by atoms with Gasteiger partial charge in [0.1, 0.15) is 5.75 Å². The van der Waals surface area contributed by atoms with Crippen molar-refractivity contribution < 1.29 is 24.2 Å². The van der Waals surface area contributed by atoms with Crippen LogP contribution in [0.4, 0.5) is 0 Å². The molecule has 0 fully saturated rings. The van der Waals surface area contributed by atoms with Crippen LogP contribution in [0.1, 0.15) is 17.3 Å². The van der Waals surface area contributed by atoms with Crippen LogP contribution in [0, 0.1) is 0 Å². The molecule has 1 rings (SSSR count). The number of carbonyl (C=O) groups is 2. The fourth-order valence-corrected chi connectivity index (χ4v) is 1.06. The molecule has 15 heavy (non-hydrogen) atoms. The van der Waals surface area contributed by atoms with Crippen LogP contribution in [0.3, 0.4) is 0 Å². The van der Waals surface area contributed by atoms with Gasteiger partial charge in [0.05, 0.1) is 12.7 Å². The van der Waals surface area contributed by atoms with Gasteiger partial charge in [-0.15, -0.1) is 0 Å². The molecular weight excluding hydrogens is 200 g/mol. The summed E-state index contributed by atoms with van der Waals surface area (Å²) >= 11 is 0. The fraction of sp³-hybridized carbons (Fsp3) is 0.200. The fourth-order valence-electron chi connectivity index (χ4n) is 1.06. The van der Waals surface area contributed by atoms with Crippen molar-refractivity contribution in [1.29, 1.82) is 0 Å². The summed E-state index contributed by atoms with van der Waals surface area (Å²) in [4.78, 5) is 21.4. The number of hydrogen-bond donors (Lipinski definition) is 1. The molecule has 0 aliphatic heterocycles. The van der Waals surface area contributed by atoms with Crippen LogP contribution >= 0.6 is 0 Å². The monoisotopic (exact) mass is 210 g/mol. The van der Waals surface area contributed by atoms with Crippen LogP contribution in [-0.4, -0.2) is 24.5 Å². The van der Waals surface area contributed by atoms with Crippen molar-refractivity contribution in [2.45, 2.75) is 6.92 Å². The van der Waals surface area contributed by atoms with Crippen LogP contribution < -0.4 is 9.47 Å². The number of methoxy groups -OCH3 is 1. The molecule has 0 heterocycles. The average molecular weight is 210 g/mol. The molecule has 0 unspecified atom stereocenters. The Bertz CT molecular complexity index is 397.